The van der Waals surface area contributed by atoms with Crippen molar-refractivity contribution in [1.29, 1.82) is 0 Å². The average Bonchev–Trinajstić information content (AvgIpc) is 2.15. The highest BCUT2D eigenvalue weighted by Crippen LogP contribution is 1.94. The molecule has 0 unspecified atom stereocenters. The number of ether oxygens (including phenoxy) is 1. The number of sulfone groups is 1. The van der Waals surface area contributed by atoms with E-state index in [0.29, 0.717) is 19.3 Å². The van der Waals surface area contributed by atoms with Crippen molar-refractivity contribution in [1.82, 2.24) is 5.32 Å². The van der Waals surface area contributed by atoms with Crippen molar-refractivity contribution in [2.75, 3.05) is 31.8 Å². The Kier molecular flexibility index (Phi) is 8.00. The Balaban J connectivity index is 3.32. The van der Waals surface area contributed by atoms with E-state index in [1.54, 1.807) is 0 Å². The number of nitrogens with one attached hydrogen (secondary N) is 1. The van der Waals surface area contributed by atoms with Gasteiger partial charge in [0, 0.05) is 18.8 Å². The summed E-state index contributed by atoms with van der Waals surface area (Å²) in [5.74, 6) is 0.109. The monoisotopic (exact) mass is 237 g/mol. The van der Waals surface area contributed by atoms with E-state index in [2.05, 4.69) is 19.2 Å². The van der Waals surface area contributed by atoms with Crippen molar-refractivity contribution < 1.29 is 13.2 Å². The maximum Gasteiger partial charge on any atom is 0.149 e. The zero-order valence-electron chi connectivity index (χ0n) is 9.95. The predicted molar refractivity (Wildman–Crippen MR) is 62.9 cm³/mol. The van der Waals surface area contributed by atoms with E-state index < -0.39 is 9.84 Å². The summed E-state index contributed by atoms with van der Waals surface area (Å²) in [5.41, 5.74) is 0. The molecule has 0 aromatic carbocycles. The average molecular weight is 237 g/mol. The summed E-state index contributed by atoms with van der Waals surface area (Å²) in [6, 6.07) is 0.545. The molecule has 0 atom stereocenters. The zero-order valence-corrected chi connectivity index (χ0v) is 10.8. The highest BCUT2D eigenvalue weighted by Gasteiger charge is 2.02. The van der Waals surface area contributed by atoms with Gasteiger partial charge in [0.2, 0.25) is 0 Å². The molecular weight excluding hydrogens is 214 g/mol. The fourth-order valence-electron chi connectivity index (χ4n) is 1.22. The van der Waals surface area contributed by atoms with Crippen LogP contribution in [0.25, 0.3) is 0 Å². The third-order valence-corrected chi connectivity index (χ3v) is 3.17. The molecule has 0 rings (SSSR count). The first-order valence-corrected chi connectivity index (χ1v) is 7.54. The largest absolute Gasteiger partial charge is 0.379 e. The van der Waals surface area contributed by atoms with Crippen LogP contribution in [0.4, 0.5) is 0 Å². The van der Waals surface area contributed by atoms with Gasteiger partial charge in [-0.05, 0) is 12.8 Å². The molecule has 92 valence electrons. The number of hydrogen-bond donors (Lipinski definition) is 1. The molecule has 0 spiro atoms. The van der Waals surface area contributed by atoms with Crippen LogP contribution in [-0.2, 0) is 14.6 Å². The van der Waals surface area contributed by atoms with Gasteiger partial charge in [-0.3, -0.25) is 0 Å². The third-order valence-electron chi connectivity index (χ3n) is 2.26. The van der Waals surface area contributed by atoms with Gasteiger partial charge in [-0.2, -0.15) is 0 Å². The van der Waals surface area contributed by atoms with Gasteiger partial charge in [0.05, 0.1) is 19.0 Å². The molecule has 1 N–H and O–H groups in total. The summed E-state index contributed by atoms with van der Waals surface area (Å²) in [6.07, 6.45) is 3.44. The van der Waals surface area contributed by atoms with Gasteiger partial charge < -0.3 is 10.1 Å². The van der Waals surface area contributed by atoms with Gasteiger partial charge in [-0.25, -0.2) is 8.42 Å². The summed E-state index contributed by atoms with van der Waals surface area (Å²) in [7, 11) is -2.88. The van der Waals surface area contributed by atoms with Crippen LogP contribution in [0.2, 0.25) is 0 Å². The summed E-state index contributed by atoms with van der Waals surface area (Å²) in [6.45, 7) is 5.95. The summed E-state index contributed by atoms with van der Waals surface area (Å²) < 4.78 is 26.7. The Morgan fingerprint density at radius 2 is 1.80 bits per heavy atom. The van der Waals surface area contributed by atoms with Crippen LogP contribution < -0.4 is 5.32 Å². The Morgan fingerprint density at radius 3 is 2.27 bits per heavy atom. The second kappa shape index (κ2) is 8.07. The molecule has 0 saturated carbocycles. The van der Waals surface area contributed by atoms with E-state index >= 15 is 0 Å². The minimum Gasteiger partial charge on any atom is -0.379 e. The van der Waals surface area contributed by atoms with E-state index in [0.717, 1.165) is 19.4 Å². The lowest BCUT2D eigenvalue weighted by Crippen LogP contribution is -2.31. The molecule has 0 fully saturated rings. The van der Waals surface area contributed by atoms with E-state index in [9.17, 15) is 8.42 Å². The molecule has 0 aromatic heterocycles. The molecule has 0 saturated heterocycles. The number of hydrogen-bond acceptors (Lipinski definition) is 4. The van der Waals surface area contributed by atoms with Crippen LogP contribution in [0.1, 0.15) is 26.7 Å². The summed E-state index contributed by atoms with van der Waals surface area (Å²) in [4.78, 5) is 0. The lowest BCUT2D eigenvalue weighted by atomic mass is 10.2. The molecule has 0 amide bonds. The molecular formula is C10H23NO3S. The van der Waals surface area contributed by atoms with Crippen LogP contribution in [0.3, 0.4) is 0 Å². The lowest BCUT2D eigenvalue weighted by Gasteiger charge is -2.14. The van der Waals surface area contributed by atoms with Crippen molar-refractivity contribution in [2.45, 2.75) is 32.7 Å². The second-order valence-corrected chi connectivity index (χ2v) is 5.97. The SMILES string of the molecule is CCC(CC)NCCOCCS(C)(=O)=O. The topological polar surface area (TPSA) is 55.4 Å². The fraction of sp³-hybridized carbons (Fsp3) is 1.00. The molecule has 0 aliphatic carbocycles. The van der Waals surface area contributed by atoms with Gasteiger partial charge in [-0.1, -0.05) is 13.8 Å². The Morgan fingerprint density at radius 1 is 1.20 bits per heavy atom. The van der Waals surface area contributed by atoms with Crippen molar-refractivity contribution in [3.63, 3.8) is 0 Å². The van der Waals surface area contributed by atoms with Crippen LogP contribution >= 0.6 is 0 Å². The maximum atomic E-state index is 10.8. The van der Waals surface area contributed by atoms with Crippen LogP contribution in [0.5, 0.6) is 0 Å². The third kappa shape index (κ3) is 10.2. The molecule has 15 heavy (non-hydrogen) atoms. The lowest BCUT2D eigenvalue weighted by molar-refractivity contribution is 0.148. The normalized spacial score (nSPS) is 12.3. The second-order valence-electron chi connectivity index (χ2n) is 3.71. The Labute approximate surface area is 93.3 Å². The van der Waals surface area contributed by atoms with Crippen LogP contribution in [0.15, 0.2) is 0 Å². The number of rotatable bonds is 9. The molecule has 0 radical (unpaired) electrons. The highest BCUT2D eigenvalue weighted by atomic mass is 32.2. The fourth-order valence-corrected chi connectivity index (χ4v) is 1.65. The Hall–Kier alpha value is -0.130. The molecule has 4 nitrogen and oxygen atoms in total. The Bertz CT molecular complexity index is 235. The van der Waals surface area contributed by atoms with Crippen molar-refractivity contribution in [3.8, 4) is 0 Å². The molecule has 5 heteroatoms. The first kappa shape index (κ1) is 14.9. The van der Waals surface area contributed by atoms with Crippen LogP contribution in [0, 0.1) is 0 Å². The zero-order chi connectivity index (χ0) is 11.7. The molecule has 0 aliphatic heterocycles. The molecule has 0 heterocycles. The molecule has 0 aliphatic rings. The smallest absolute Gasteiger partial charge is 0.149 e. The van der Waals surface area contributed by atoms with Crippen molar-refractivity contribution in [3.05, 3.63) is 0 Å². The molecule has 0 aromatic rings. The van der Waals surface area contributed by atoms with Gasteiger partial charge in [0.1, 0.15) is 9.84 Å². The van der Waals surface area contributed by atoms with E-state index in [4.69, 9.17) is 4.74 Å². The minimum atomic E-state index is -2.88. The van der Waals surface area contributed by atoms with Gasteiger partial charge in [0.15, 0.2) is 0 Å². The standard InChI is InChI=1S/C10H23NO3S/c1-4-10(5-2)11-6-7-14-8-9-15(3,12)13/h10-11H,4-9H2,1-3H3. The van der Waals surface area contributed by atoms with E-state index in [1.165, 1.54) is 6.26 Å². The van der Waals surface area contributed by atoms with Crippen LogP contribution in [-0.4, -0.2) is 46.2 Å². The van der Waals surface area contributed by atoms with E-state index in [1.807, 2.05) is 0 Å². The summed E-state index contributed by atoms with van der Waals surface area (Å²) in [5, 5.41) is 3.34. The van der Waals surface area contributed by atoms with E-state index in [-0.39, 0.29) is 5.75 Å². The quantitative estimate of drug-likeness (QED) is 0.603. The predicted octanol–water partition coefficient (Wildman–Crippen LogP) is 0.826. The van der Waals surface area contributed by atoms with Gasteiger partial charge in [-0.15, -0.1) is 0 Å². The minimum absolute atomic E-state index is 0.109. The first-order valence-electron chi connectivity index (χ1n) is 5.48. The molecule has 0 bridgehead atoms. The van der Waals surface area contributed by atoms with Gasteiger partial charge >= 0.3 is 0 Å². The van der Waals surface area contributed by atoms with Crippen molar-refractivity contribution in [2.24, 2.45) is 0 Å². The highest BCUT2D eigenvalue weighted by molar-refractivity contribution is 7.90. The van der Waals surface area contributed by atoms with Gasteiger partial charge in [0.25, 0.3) is 0 Å². The first-order chi connectivity index (χ1) is 6.99. The van der Waals surface area contributed by atoms with Crippen molar-refractivity contribution >= 4 is 9.84 Å². The summed E-state index contributed by atoms with van der Waals surface area (Å²) >= 11 is 0. The maximum absolute atomic E-state index is 10.8.